The number of hydrogen-bond donors (Lipinski definition) is 2. The van der Waals surface area contributed by atoms with Crippen LogP contribution in [0.1, 0.15) is 53.7 Å². The van der Waals surface area contributed by atoms with Gasteiger partial charge in [0.15, 0.2) is 0 Å². The molecule has 0 aliphatic carbocycles. The molecule has 3 rings (SSSR count). The Bertz CT molecular complexity index is 953. The van der Waals surface area contributed by atoms with Crippen LogP contribution in [-0.2, 0) is 22.6 Å². The van der Waals surface area contributed by atoms with Crippen LogP contribution in [0.25, 0.3) is 0 Å². The number of hydrogen-bond acceptors (Lipinski definition) is 3. The Balaban J connectivity index is 1.43. The van der Waals surface area contributed by atoms with Gasteiger partial charge in [-0.3, -0.25) is 14.4 Å². The van der Waals surface area contributed by atoms with Crippen LogP contribution in [0.15, 0.2) is 48.5 Å². The summed E-state index contributed by atoms with van der Waals surface area (Å²) in [4.78, 5) is 39.7. The van der Waals surface area contributed by atoms with Crippen LogP contribution in [0, 0.1) is 12.8 Å². The number of nitrogens with one attached hydrogen (secondary N) is 2. The average Bonchev–Trinajstić information content (AvgIpc) is 2.79. The summed E-state index contributed by atoms with van der Waals surface area (Å²) in [6, 6.07) is 14.9. The fraction of sp³-hybridized carbons (Fsp3) is 0.423. The van der Waals surface area contributed by atoms with Crippen molar-refractivity contribution < 1.29 is 14.4 Å². The summed E-state index contributed by atoms with van der Waals surface area (Å²) >= 11 is 0. The van der Waals surface area contributed by atoms with Gasteiger partial charge in [-0.15, -0.1) is 0 Å². The van der Waals surface area contributed by atoms with Crippen LogP contribution in [0.5, 0.6) is 0 Å². The van der Waals surface area contributed by atoms with Gasteiger partial charge in [0.1, 0.15) is 6.04 Å². The van der Waals surface area contributed by atoms with Gasteiger partial charge in [0, 0.05) is 31.6 Å². The molecule has 0 saturated heterocycles. The zero-order chi connectivity index (χ0) is 23.1. The van der Waals surface area contributed by atoms with Gasteiger partial charge in [-0.2, -0.15) is 0 Å². The minimum absolute atomic E-state index is 0.0561. The highest BCUT2D eigenvalue weighted by Gasteiger charge is 2.25. The van der Waals surface area contributed by atoms with Crippen LogP contribution in [0.3, 0.4) is 0 Å². The van der Waals surface area contributed by atoms with E-state index in [4.69, 9.17) is 0 Å². The first-order chi connectivity index (χ1) is 15.3. The van der Waals surface area contributed by atoms with Gasteiger partial charge in [0.05, 0.1) is 0 Å². The molecule has 32 heavy (non-hydrogen) atoms. The lowest BCUT2D eigenvalue weighted by molar-refractivity contribution is -0.132. The lowest BCUT2D eigenvalue weighted by atomic mass is 9.99. The van der Waals surface area contributed by atoms with Crippen molar-refractivity contribution in [2.75, 3.05) is 13.1 Å². The van der Waals surface area contributed by atoms with E-state index < -0.39 is 6.04 Å². The molecule has 0 saturated carbocycles. The Kier molecular flexibility index (Phi) is 8.03. The number of amides is 3. The van der Waals surface area contributed by atoms with E-state index in [2.05, 4.69) is 22.8 Å². The van der Waals surface area contributed by atoms with E-state index in [9.17, 15) is 14.4 Å². The standard InChI is InChI=1S/C26H33N3O3/c1-18(2)24(28-25(31)21-12-10-19(3)11-13-21)26(32)27-15-6-9-23(30)29-16-14-20-7-4-5-8-22(20)17-29/h4-5,7-8,10-13,18,24H,6,9,14-17H2,1-3H3,(H,27,32)(H,28,31). The molecule has 1 heterocycles. The minimum atomic E-state index is -0.627. The lowest BCUT2D eigenvalue weighted by Crippen LogP contribution is -2.50. The van der Waals surface area contributed by atoms with E-state index >= 15 is 0 Å². The van der Waals surface area contributed by atoms with E-state index in [-0.39, 0.29) is 23.6 Å². The molecule has 3 amide bonds. The number of carbonyl (C=O) groups excluding carboxylic acids is 3. The van der Waals surface area contributed by atoms with E-state index in [1.54, 1.807) is 12.1 Å². The maximum Gasteiger partial charge on any atom is 0.251 e. The lowest BCUT2D eigenvalue weighted by Gasteiger charge is -2.29. The maximum absolute atomic E-state index is 12.7. The highest BCUT2D eigenvalue weighted by atomic mass is 16.2. The molecular weight excluding hydrogens is 402 g/mol. The molecular formula is C26H33N3O3. The number of benzene rings is 2. The van der Waals surface area contributed by atoms with Gasteiger partial charge in [-0.25, -0.2) is 0 Å². The van der Waals surface area contributed by atoms with Crippen molar-refractivity contribution >= 4 is 17.7 Å². The topological polar surface area (TPSA) is 78.5 Å². The Morgan fingerprint density at radius 3 is 2.38 bits per heavy atom. The van der Waals surface area contributed by atoms with Crippen molar-refractivity contribution in [2.24, 2.45) is 5.92 Å². The smallest absolute Gasteiger partial charge is 0.251 e. The molecule has 2 N–H and O–H groups in total. The molecule has 0 aromatic heterocycles. The van der Waals surface area contributed by atoms with Gasteiger partial charge < -0.3 is 15.5 Å². The Morgan fingerprint density at radius 1 is 1.00 bits per heavy atom. The van der Waals surface area contributed by atoms with Gasteiger partial charge in [-0.05, 0) is 48.9 Å². The Labute approximate surface area is 190 Å². The Morgan fingerprint density at radius 2 is 1.69 bits per heavy atom. The third-order valence-corrected chi connectivity index (χ3v) is 5.90. The molecule has 6 heteroatoms. The van der Waals surface area contributed by atoms with Gasteiger partial charge in [-0.1, -0.05) is 55.8 Å². The summed E-state index contributed by atoms with van der Waals surface area (Å²) < 4.78 is 0. The number of carbonyl (C=O) groups is 3. The molecule has 0 fully saturated rings. The summed E-state index contributed by atoms with van der Waals surface area (Å²) in [7, 11) is 0. The molecule has 1 unspecified atom stereocenters. The van der Waals surface area contributed by atoms with Crippen LogP contribution in [-0.4, -0.2) is 41.8 Å². The molecule has 2 aromatic carbocycles. The fourth-order valence-electron chi connectivity index (χ4n) is 3.89. The normalized spacial score (nSPS) is 13.9. The van der Waals surface area contributed by atoms with Crippen LogP contribution < -0.4 is 10.6 Å². The molecule has 1 aliphatic rings. The maximum atomic E-state index is 12.7. The quantitative estimate of drug-likeness (QED) is 0.625. The van der Waals surface area contributed by atoms with Crippen molar-refractivity contribution in [1.29, 1.82) is 0 Å². The average molecular weight is 436 g/mol. The minimum Gasteiger partial charge on any atom is -0.354 e. The number of rotatable bonds is 8. The monoisotopic (exact) mass is 435 g/mol. The van der Waals surface area contributed by atoms with E-state index in [1.165, 1.54) is 11.1 Å². The molecule has 0 radical (unpaired) electrons. The molecule has 0 spiro atoms. The number of fused-ring (bicyclic) bond motifs is 1. The second kappa shape index (κ2) is 10.9. The Hall–Kier alpha value is -3.15. The summed E-state index contributed by atoms with van der Waals surface area (Å²) in [6.07, 6.45) is 1.85. The molecule has 1 atom stereocenters. The first-order valence-electron chi connectivity index (χ1n) is 11.3. The van der Waals surface area contributed by atoms with Crippen LogP contribution in [0.2, 0.25) is 0 Å². The molecule has 170 valence electrons. The third kappa shape index (κ3) is 6.19. The van der Waals surface area contributed by atoms with E-state index in [1.807, 2.05) is 49.9 Å². The predicted octanol–water partition coefficient (Wildman–Crippen LogP) is 3.23. The molecule has 2 aromatic rings. The zero-order valence-electron chi connectivity index (χ0n) is 19.2. The summed E-state index contributed by atoms with van der Waals surface area (Å²) in [5.41, 5.74) is 4.13. The molecule has 0 bridgehead atoms. The largest absolute Gasteiger partial charge is 0.354 e. The SMILES string of the molecule is Cc1ccc(C(=O)NC(C(=O)NCCCC(=O)N2CCc3ccccc3C2)C(C)C)cc1. The first-order valence-corrected chi connectivity index (χ1v) is 11.3. The second-order valence-electron chi connectivity index (χ2n) is 8.79. The second-order valence-corrected chi connectivity index (χ2v) is 8.79. The van der Waals surface area contributed by atoms with Crippen molar-refractivity contribution in [3.8, 4) is 0 Å². The van der Waals surface area contributed by atoms with Gasteiger partial charge in [0.25, 0.3) is 5.91 Å². The zero-order valence-corrected chi connectivity index (χ0v) is 19.2. The number of nitrogens with zero attached hydrogens (tertiary/aromatic N) is 1. The summed E-state index contributed by atoms with van der Waals surface area (Å²) in [5.74, 6) is -0.430. The molecule has 6 nitrogen and oxygen atoms in total. The van der Waals surface area contributed by atoms with Crippen molar-refractivity contribution in [2.45, 2.75) is 52.6 Å². The molecule has 1 aliphatic heterocycles. The van der Waals surface area contributed by atoms with E-state index in [0.29, 0.717) is 31.5 Å². The van der Waals surface area contributed by atoms with Crippen LogP contribution in [0.4, 0.5) is 0 Å². The third-order valence-electron chi connectivity index (χ3n) is 5.90. The van der Waals surface area contributed by atoms with Gasteiger partial charge >= 0.3 is 0 Å². The number of aryl methyl sites for hydroxylation is 1. The summed E-state index contributed by atoms with van der Waals surface area (Å²) in [5, 5.41) is 5.72. The first kappa shape index (κ1) is 23.5. The van der Waals surface area contributed by atoms with E-state index in [0.717, 1.165) is 18.5 Å². The predicted molar refractivity (Wildman–Crippen MR) is 125 cm³/mol. The van der Waals surface area contributed by atoms with Gasteiger partial charge in [0.2, 0.25) is 11.8 Å². The highest BCUT2D eigenvalue weighted by Crippen LogP contribution is 2.19. The summed E-state index contributed by atoms with van der Waals surface area (Å²) in [6.45, 7) is 7.55. The fourth-order valence-corrected chi connectivity index (χ4v) is 3.89. The van der Waals surface area contributed by atoms with Crippen molar-refractivity contribution in [3.05, 3.63) is 70.8 Å². The highest BCUT2D eigenvalue weighted by molar-refractivity contribution is 5.97. The van der Waals surface area contributed by atoms with Crippen molar-refractivity contribution in [3.63, 3.8) is 0 Å². The van der Waals surface area contributed by atoms with Crippen molar-refractivity contribution in [1.82, 2.24) is 15.5 Å². The van der Waals surface area contributed by atoms with Crippen LogP contribution >= 0.6 is 0 Å².